The van der Waals surface area contributed by atoms with Gasteiger partial charge in [-0.2, -0.15) is 5.10 Å². The fraction of sp³-hybridized carbons (Fsp3) is 0.310. The molecule has 1 heterocycles. The first kappa shape index (κ1) is 24.0. The van der Waals surface area contributed by atoms with E-state index in [4.69, 9.17) is 11.6 Å². The van der Waals surface area contributed by atoms with Crippen molar-refractivity contribution in [3.63, 3.8) is 0 Å². The molecule has 0 radical (unpaired) electrons. The summed E-state index contributed by atoms with van der Waals surface area (Å²) in [7, 11) is 0. The van der Waals surface area contributed by atoms with Gasteiger partial charge in [-0.25, -0.2) is 5.43 Å². The van der Waals surface area contributed by atoms with Crippen LogP contribution in [0.25, 0.3) is 22.0 Å². The van der Waals surface area contributed by atoms with E-state index < -0.39 is 0 Å². The lowest BCUT2D eigenvalue weighted by Crippen LogP contribution is -2.20. The Bertz CT molecular complexity index is 1280. The summed E-state index contributed by atoms with van der Waals surface area (Å²) < 4.78 is 0. The van der Waals surface area contributed by atoms with Crippen LogP contribution >= 0.6 is 11.6 Å². The number of hydrogen-bond acceptors (Lipinski definition) is 2. The van der Waals surface area contributed by atoms with Gasteiger partial charge in [-0.05, 0) is 60.9 Å². The molecule has 4 rings (SSSR count). The first-order chi connectivity index (χ1) is 16.3. The number of amides is 1. The fourth-order valence-corrected chi connectivity index (χ4v) is 4.99. The number of benzene rings is 2. The Hall–Kier alpha value is -3.11. The van der Waals surface area contributed by atoms with E-state index in [1.165, 1.54) is 30.4 Å². The van der Waals surface area contributed by atoms with Crippen molar-refractivity contribution in [1.82, 2.24) is 10.4 Å². The summed E-state index contributed by atoms with van der Waals surface area (Å²) in [6.45, 7) is 8.92. The molecular formula is C29H32ClN3O. The van der Waals surface area contributed by atoms with Gasteiger partial charge in [0.15, 0.2) is 0 Å². The van der Waals surface area contributed by atoms with Gasteiger partial charge in [0.05, 0.1) is 0 Å². The van der Waals surface area contributed by atoms with E-state index in [1.54, 1.807) is 6.21 Å². The summed E-state index contributed by atoms with van der Waals surface area (Å²) in [5, 5.41) is 5.78. The molecule has 0 bridgehead atoms. The third-order valence-corrected chi connectivity index (χ3v) is 6.87. The van der Waals surface area contributed by atoms with Gasteiger partial charge in [-0.15, -0.1) is 0 Å². The number of hydrazone groups is 1. The van der Waals surface area contributed by atoms with Gasteiger partial charge < -0.3 is 4.98 Å². The molecule has 4 nitrogen and oxygen atoms in total. The molecule has 0 spiro atoms. The van der Waals surface area contributed by atoms with Gasteiger partial charge in [0.2, 0.25) is 0 Å². The molecule has 176 valence electrons. The van der Waals surface area contributed by atoms with Gasteiger partial charge in [0.1, 0.15) is 5.69 Å². The topological polar surface area (TPSA) is 57.2 Å². The second kappa shape index (κ2) is 10.0. The van der Waals surface area contributed by atoms with E-state index in [0.717, 1.165) is 22.0 Å². The zero-order chi connectivity index (χ0) is 24.3. The molecule has 5 heteroatoms. The summed E-state index contributed by atoms with van der Waals surface area (Å²) in [4.78, 5) is 16.3. The lowest BCUT2D eigenvalue weighted by Gasteiger charge is -2.33. The number of nitrogens with one attached hydrogen (secondary N) is 2. The molecule has 1 aliphatic carbocycles. The minimum absolute atomic E-state index is 0.0911. The van der Waals surface area contributed by atoms with Gasteiger partial charge in [0, 0.05) is 33.6 Å². The summed E-state index contributed by atoms with van der Waals surface area (Å²) in [6, 6.07) is 15.4. The molecular weight excluding hydrogens is 442 g/mol. The molecule has 2 aromatic carbocycles. The molecule has 1 aromatic heterocycles. The van der Waals surface area contributed by atoms with Crippen LogP contribution in [0.2, 0.25) is 5.02 Å². The Labute approximate surface area is 206 Å². The van der Waals surface area contributed by atoms with Crippen LogP contribution in [-0.4, -0.2) is 17.1 Å². The van der Waals surface area contributed by atoms with Crippen molar-refractivity contribution in [3.05, 3.63) is 82.5 Å². The standard InChI is InChI=1S/C29H32ClN3O/c1-19(12-14-24-20(2)9-8-16-29(24,3)4)18-31-33-28(34)27-26(21-10-6-5-7-11-21)23-17-22(30)13-15-25(23)32-27/h5-7,10-15,17-19,32H,8-9,16H2,1-4H3,(H,33,34)/b14-12+,31-18-/t19-/m1/s1. The van der Waals surface area contributed by atoms with Crippen LogP contribution in [-0.2, 0) is 0 Å². The Kier molecular flexibility index (Phi) is 7.08. The van der Waals surface area contributed by atoms with Crippen LogP contribution in [0.3, 0.4) is 0 Å². The Morgan fingerprint density at radius 2 is 1.97 bits per heavy atom. The molecule has 34 heavy (non-hydrogen) atoms. The number of carbonyl (C=O) groups excluding carboxylic acids is 1. The summed E-state index contributed by atoms with van der Waals surface area (Å²) >= 11 is 6.25. The van der Waals surface area contributed by atoms with E-state index in [0.29, 0.717) is 10.7 Å². The van der Waals surface area contributed by atoms with Crippen LogP contribution in [0.15, 0.2) is 76.9 Å². The van der Waals surface area contributed by atoms with Crippen molar-refractivity contribution in [3.8, 4) is 11.1 Å². The van der Waals surface area contributed by atoms with Gasteiger partial charge in [-0.1, -0.05) is 80.4 Å². The molecule has 2 N–H and O–H groups in total. The number of hydrogen-bond donors (Lipinski definition) is 2. The number of halogens is 1. The maximum atomic E-state index is 13.1. The molecule has 0 saturated heterocycles. The second-order valence-corrected chi connectivity index (χ2v) is 10.2. The SMILES string of the molecule is CC1=C(/C=C/[C@@H](C)/C=N\NC(=O)c2[nH]c3ccc(Cl)cc3c2-c2ccccc2)C(C)(C)CCC1. The Morgan fingerprint density at radius 3 is 2.71 bits per heavy atom. The van der Waals surface area contributed by atoms with Crippen molar-refractivity contribution in [2.24, 2.45) is 16.4 Å². The second-order valence-electron chi connectivity index (χ2n) is 9.80. The largest absolute Gasteiger partial charge is 0.350 e. The summed E-state index contributed by atoms with van der Waals surface area (Å²) in [6.07, 6.45) is 9.79. The molecule has 0 unspecified atom stereocenters. The third kappa shape index (κ3) is 5.18. The van der Waals surface area contributed by atoms with Crippen molar-refractivity contribution < 1.29 is 4.79 Å². The molecule has 0 fully saturated rings. The molecule has 3 aromatic rings. The predicted octanol–water partition coefficient (Wildman–Crippen LogP) is 7.92. The number of carbonyl (C=O) groups is 1. The monoisotopic (exact) mass is 473 g/mol. The van der Waals surface area contributed by atoms with Crippen molar-refractivity contribution in [1.29, 1.82) is 0 Å². The maximum absolute atomic E-state index is 13.1. The number of rotatable bonds is 6. The number of fused-ring (bicyclic) bond motifs is 1. The molecule has 0 saturated carbocycles. The quantitative estimate of drug-likeness (QED) is 0.277. The molecule has 1 amide bonds. The lowest BCUT2D eigenvalue weighted by molar-refractivity contribution is 0.0951. The first-order valence-corrected chi connectivity index (χ1v) is 12.2. The summed E-state index contributed by atoms with van der Waals surface area (Å²) in [5.74, 6) is -0.195. The van der Waals surface area contributed by atoms with Crippen molar-refractivity contribution >= 4 is 34.6 Å². The number of allylic oxidation sites excluding steroid dienone is 4. The number of aromatic nitrogens is 1. The van der Waals surface area contributed by atoms with E-state index in [9.17, 15) is 4.79 Å². The molecule has 1 atom stereocenters. The molecule has 1 aliphatic rings. The van der Waals surface area contributed by atoms with Gasteiger partial charge >= 0.3 is 0 Å². The van der Waals surface area contributed by atoms with Crippen LogP contribution in [0, 0.1) is 11.3 Å². The van der Waals surface area contributed by atoms with Crippen molar-refractivity contribution in [2.75, 3.05) is 0 Å². The minimum Gasteiger partial charge on any atom is -0.350 e. The normalized spacial score (nSPS) is 17.1. The van der Waals surface area contributed by atoms with Gasteiger partial charge in [0.25, 0.3) is 5.91 Å². The fourth-order valence-electron chi connectivity index (χ4n) is 4.82. The number of aromatic amines is 1. The average Bonchev–Trinajstić information content (AvgIpc) is 3.17. The minimum atomic E-state index is -0.287. The van der Waals surface area contributed by atoms with E-state index in [2.05, 4.69) is 55.4 Å². The predicted molar refractivity (Wildman–Crippen MR) is 143 cm³/mol. The van der Waals surface area contributed by atoms with Crippen LogP contribution < -0.4 is 5.43 Å². The zero-order valence-electron chi connectivity index (χ0n) is 20.3. The highest BCUT2D eigenvalue weighted by molar-refractivity contribution is 6.31. The first-order valence-electron chi connectivity index (χ1n) is 11.8. The van der Waals surface area contributed by atoms with Gasteiger partial charge in [-0.3, -0.25) is 4.79 Å². The maximum Gasteiger partial charge on any atom is 0.288 e. The zero-order valence-corrected chi connectivity index (χ0v) is 21.0. The van der Waals surface area contributed by atoms with E-state index >= 15 is 0 Å². The highest BCUT2D eigenvalue weighted by atomic mass is 35.5. The highest BCUT2D eigenvalue weighted by Gasteiger charge is 2.26. The Morgan fingerprint density at radius 1 is 1.21 bits per heavy atom. The number of H-pyrrole nitrogens is 1. The average molecular weight is 474 g/mol. The van der Waals surface area contributed by atoms with Crippen molar-refractivity contribution in [2.45, 2.75) is 47.0 Å². The number of nitrogens with zero attached hydrogens (tertiary/aromatic N) is 1. The van der Waals surface area contributed by atoms with Crippen LogP contribution in [0.4, 0.5) is 0 Å². The smallest absolute Gasteiger partial charge is 0.288 e. The lowest BCUT2D eigenvalue weighted by atomic mass is 9.72. The molecule has 0 aliphatic heterocycles. The van der Waals surface area contributed by atoms with E-state index in [-0.39, 0.29) is 17.2 Å². The highest BCUT2D eigenvalue weighted by Crippen LogP contribution is 2.40. The van der Waals surface area contributed by atoms with E-state index in [1.807, 2.05) is 48.5 Å². The summed E-state index contributed by atoms with van der Waals surface area (Å²) in [5.41, 5.74) is 8.88. The third-order valence-electron chi connectivity index (χ3n) is 6.63. The Balaban J connectivity index is 1.53. The van der Waals surface area contributed by atoms with Crippen LogP contribution in [0.5, 0.6) is 0 Å². The van der Waals surface area contributed by atoms with Crippen LogP contribution in [0.1, 0.15) is 57.4 Å².